The van der Waals surface area contributed by atoms with Crippen LogP contribution in [0, 0.1) is 0 Å². The van der Waals surface area contributed by atoms with Crippen LogP contribution in [0.2, 0.25) is 0 Å². The van der Waals surface area contributed by atoms with E-state index in [-0.39, 0.29) is 22.6 Å². The Morgan fingerprint density at radius 2 is 0.830 bits per heavy atom. The lowest BCUT2D eigenvalue weighted by Gasteiger charge is -2.37. The fourth-order valence-electron chi connectivity index (χ4n) is 6.55. The average Bonchev–Trinajstić information content (AvgIpc) is 3.45. The van der Waals surface area contributed by atoms with Gasteiger partial charge in [0.05, 0.1) is 31.8 Å². The maximum absolute atomic E-state index is 12.9. The van der Waals surface area contributed by atoms with Crippen LogP contribution in [0.1, 0.15) is 89.5 Å². The van der Waals surface area contributed by atoms with Crippen molar-refractivity contribution in [1.29, 1.82) is 0 Å². The molecular formula is C45H50O8. The van der Waals surface area contributed by atoms with Gasteiger partial charge in [0.2, 0.25) is 11.5 Å². The van der Waals surface area contributed by atoms with Crippen molar-refractivity contribution in [2.45, 2.75) is 72.6 Å². The smallest absolute Gasteiger partial charge is 0.338 e. The highest BCUT2D eigenvalue weighted by Gasteiger charge is 2.51. The molecule has 0 bridgehead atoms. The first-order valence-electron chi connectivity index (χ1n) is 18.5. The standard InChI is InChI=1S/C45H50O8/c1-9-25-48-39-35(21-23-37(41(39)50-27-11-3)52-43(46)29(5)6)45(33-19-15-13-17-31(33)32-18-14-16-20-34(32)45)36-22-24-38(53-44(47)30(7)8)42(51-28-12-4)40(36)49-26-10-2/h13-24H,5,7,9-12,25-28H2,1-4,6,8H3. The summed E-state index contributed by atoms with van der Waals surface area (Å²) in [4.78, 5) is 25.9. The van der Waals surface area contributed by atoms with E-state index in [9.17, 15) is 9.59 Å². The van der Waals surface area contributed by atoms with Gasteiger partial charge in [-0.15, -0.1) is 0 Å². The van der Waals surface area contributed by atoms with Crippen molar-refractivity contribution in [1.82, 2.24) is 0 Å². The van der Waals surface area contributed by atoms with Crippen molar-refractivity contribution < 1.29 is 38.0 Å². The molecule has 8 nitrogen and oxygen atoms in total. The molecule has 0 N–H and O–H groups in total. The number of hydrogen-bond acceptors (Lipinski definition) is 8. The molecule has 1 aliphatic carbocycles. The van der Waals surface area contributed by atoms with Crippen LogP contribution < -0.4 is 28.4 Å². The SMILES string of the molecule is C=C(C)C(=O)Oc1ccc(C2(c3ccc(OC(=O)C(=C)C)c(OCCC)c3OCCC)c3ccccc3-c3ccccc32)c(OCCC)c1OCCC. The molecule has 0 fully saturated rings. The summed E-state index contributed by atoms with van der Waals surface area (Å²) in [7, 11) is 0. The van der Waals surface area contributed by atoms with Gasteiger partial charge in [-0.05, 0) is 86.1 Å². The lowest BCUT2D eigenvalue weighted by molar-refractivity contribution is -0.131. The van der Waals surface area contributed by atoms with E-state index >= 15 is 0 Å². The normalized spacial score (nSPS) is 12.3. The van der Waals surface area contributed by atoms with Crippen molar-refractivity contribution >= 4 is 11.9 Å². The molecule has 0 atom stereocenters. The van der Waals surface area contributed by atoms with E-state index in [1.165, 1.54) is 0 Å². The zero-order valence-corrected chi connectivity index (χ0v) is 31.8. The van der Waals surface area contributed by atoms with Gasteiger partial charge in [0, 0.05) is 22.3 Å². The molecule has 0 aliphatic heterocycles. The second-order valence-corrected chi connectivity index (χ2v) is 13.1. The number of fused-ring (bicyclic) bond motifs is 3. The topological polar surface area (TPSA) is 89.5 Å². The van der Waals surface area contributed by atoms with E-state index < -0.39 is 17.4 Å². The molecule has 278 valence electrons. The van der Waals surface area contributed by atoms with Crippen molar-refractivity contribution in [3.8, 4) is 45.6 Å². The first-order chi connectivity index (χ1) is 25.6. The molecule has 5 rings (SSSR count). The van der Waals surface area contributed by atoms with Crippen LogP contribution in [-0.4, -0.2) is 38.4 Å². The van der Waals surface area contributed by atoms with Gasteiger partial charge < -0.3 is 28.4 Å². The molecule has 1 aliphatic rings. The highest BCUT2D eigenvalue weighted by molar-refractivity contribution is 5.92. The molecule has 53 heavy (non-hydrogen) atoms. The van der Waals surface area contributed by atoms with Gasteiger partial charge in [0.15, 0.2) is 23.0 Å². The molecule has 0 saturated heterocycles. The number of carbonyl (C=O) groups is 2. The van der Waals surface area contributed by atoms with Gasteiger partial charge in [-0.3, -0.25) is 0 Å². The molecule has 4 aromatic rings. The Kier molecular flexibility index (Phi) is 12.7. The van der Waals surface area contributed by atoms with Crippen molar-refractivity contribution in [3.05, 3.63) is 119 Å². The number of carbonyl (C=O) groups excluding carboxylic acids is 2. The molecule has 0 radical (unpaired) electrons. The second kappa shape index (κ2) is 17.3. The number of hydrogen-bond donors (Lipinski definition) is 0. The van der Waals surface area contributed by atoms with E-state index in [0.29, 0.717) is 75.1 Å². The molecule has 0 unspecified atom stereocenters. The van der Waals surface area contributed by atoms with E-state index in [0.717, 1.165) is 33.4 Å². The van der Waals surface area contributed by atoms with Crippen LogP contribution in [0.4, 0.5) is 0 Å². The van der Waals surface area contributed by atoms with Crippen LogP contribution in [-0.2, 0) is 15.0 Å². The maximum atomic E-state index is 12.9. The fourth-order valence-corrected chi connectivity index (χ4v) is 6.55. The number of ether oxygens (including phenoxy) is 6. The first-order valence-corrected chi connectivity index (χ1v) is 18.5. The summed E-state index contributed by atoms with van der Waals surface area (Å²) in [6.45, 7) is 20.3. The maximum Gasteiger partial charge on any atom is 0.338 e. The molecular weight excluding hydrogens is 668 g/mol. The van der Waals surface area contributed by atoms with Gasteiger partial charge >= 0.3 is 11.9 Å². The molecule has 0 spiro atoms. The van der Waals surface area contributed by atoms with E-state index in [1.54, 1.807) is 26.0 Å². The molecule has 0 heterocycles. The Morgan fingerprint density at radius 1 is 0.491 bits per heavy atom. The number of esters is 2. The molecule has 0 saturated carbocycles. The predicted octanol–water partition coefficient (Wildman–Crippen LogP) is 10.2. The summed E-state index contributed by atoms with van der Waals surface area (Å²) >= 11 is 0. The van der Waals surface area contributed by atoms with E-state index in [4.69, 9.17) is 28.4 Å². The summed E-state index contributed by atoms with van der Waals surface area (Å²) in [5.41, 5.74) is 4.95. The number of rotatable bonds is 18. The summed E-state index contributed by atoms with van der Waals surface area (Å²) in [6.07, 6.45) is 2.84. The lowest BCUT2D eigenvalue weighted by Crippen LogP contribution is -2.31. The van der Waals surface area contributed by atoms with Crippen LogP contribution in [0.3, 0.4) is 0 Å². The Hall–Kier alpha value is -5.50. The Morgan fingerprint density at radius 3 is 1.17 bits per heavy atom. The minimum absolute atomic E-state index is 0.229. The van der Waals surface area contributed by atoms with E-state index in [1.807, 2.05) is 64.1 Å². The summed E-state index contributed by atoms with van der Waals surface area (Å²) in [5, 5.41) is 0. The van der Waals surface area contributed by atoms with Gasteiger partial charge in [-0.2, -0.15) is 0 Å². The summed E-state index contributed by atoms with van der Waals surface area (Å²) < 4.78 is 38.1. The van der Waals surface area contributed by atoms with Gasteiger partial charge in [-0.25, -0.2) is 9.59 Å². The van der Waals surface area contributed by atoms with Crippen molar-refractivity contribution in [2.75, 3.05) is 26.4 Å². The Labute approximate surface area is 313 Å². The minimum Gasteiger partial charge on any atom is -0.489 e. The Balaban J connectivity index is 1.98. The highest BCUT2D eigenvalue weighted by atomic mass is 16.6. The number of benzene rings is 4. The summed E-state index contributed by atoms with van der Waals surface area (Å²) in [6, 6.07) is 24.0. The average molecular weight is 719 g/mol. The quantitative estimate of drug-likeness (QED) is 0.0503. The molecule has 4 aromatic carbocycles. The third kappa shape index (κ3) is 7.54. The summed E-state index contributed by atoms with van der Waals surface area (Å²) in [5.74, 6) is 0.834. The fraction of sp³-hybridized carbons (Fsp3) is 0.333. The molecule has 8 heteroatoms. The monoisotopic (exact) mass is 718 g/mol. The highest BCUT2D eigenvalue weighted by Crippen LogP contribution is 2.63. The molecule has 0 amide bonds. The second-order valence-electron chi connectivity index (χ2n) is 13.1. The van der Waals surface area contributed by atoms with Crippen molar-refractivity contribution in [3.63, 3.8) is 0 Å². The molecule has 0 aromatic heterocycles. The third-order valence-corrected chi connectivity index (χ3v) is 8.82. The third-order valence-electron chi connectivity index (χ3n) is 8.82. The van der Waals surface area contributed by atoms with Gasteiger partial charge in [0.25, 0.3) is 0 Å². The van der Waals surface area contributed by atoms with Gasteiger partial charge in [0.1, 0.15) is 0 Å². The zero-order chi connectivity index (χ0) is 38.1. The minimum atomic E-state index is -1.08. The van der Waals surface area contributed by atoms with E-state index in [2.05, 4.69) is 37.4 Å². The largest absolute Gasteiger partial charge is 0.489 e. The zero-order valence-electron chi connectivity index (χ0n) is 31.8. The van der Waals surface area contributed by atoms with Crippen LogP contribution in [0.15, 0.2) is 97.1 Å². The van der Waals surface area contributed by atoms with Crippen LogP contribution in [0.5, 0.6) is 34.5 Å². The van der Waals surface area contributed by atoms with Crippen LogP contribution in [0.25, 0.3) is 11.1 Å². The Bertz CT molecular complexity index is 1850. The van der Waals surface area contributed by atoms with Crippen LogP contribution >= 0.6 is 0 Å². The first kappa shape index (κ1) is 38.7. The van der Waals surface area contributed by atoms with Crippen molar-refractivity contribution in [2.24, 2.45) is 0 Å². The predicted molar refractivity (Wildman–Crippen MR) is 208 cm³/mol. The lowest BCUT2D eigenvalue weighted by atomic mass is 9.66. The van der Waals surface area contributed by atoms with Gasteiger partial charge in [-0.1, -0.05) is 89.4 Å².